The van der Waals surface area contributed by atoms with Crippen LogP contribution in [0.2, 0.25) is 0 Å². The number of rotatable bonds is 11. The van der Waals surface area contributed by atoms with Gasteiger partial charge in [0.05, 0.1) is 23.3 Å². The van der Waals surface area contributed by atoms with Crippen LogP contribution >= 0.6 is 39.0 Å². The number of esters is 1. The van der Waals surface area contributed by atoms with Gasteiger partial charge in [0.2, 0.25) is 5.91 Å². The number of thiophene rings is 1. The summed E-state index contributed by atoms with van der Waals surface area (Å²) in [5, 5.41) is 11.9. The lowest BCUT2D eigenvalue weighted by molar-refractivity contribution is -0.113. The van der Waals surface area contributed by atoms with E-state index < -0.39 is 5.97 Å². The summed E-state index contributed by atoms with van der Waals surface area (Å²) < 4.78 is 13.4. The fourth-order valence-corrected chi connectivity index (χ4v) is 5.44. The molecule has 10 nitrogen and oxygen atoms in total. The van der Waals surface area contributed by atoms with Gasteiger partial charge in [0, 0.05) is 25.1 Å². The normalized spacial score (nSPS) is 10.6. The van der Waals surface area contributed by atoms with Gasteiger partial charge in [-0.15, -0.1) is 28.1 Å². The lowest BCUT2D eigenvalue weighted by Crippen LogP contribution is -2.21. The summed E-state index contributed by atoms with van der Waals surface area (Å²) >= 11 is 5.61. The number of amides is 2. The first-order valence-electron chi connectivity index (χ1n) is 10.9. The van der Waals surface area contributed by atoms with Gasteiger partial charge in [-0.25, -0.2) is 4.79 Å². The van der Waals surface area contributed by atoms with Crippen molar-refractivity contribution in [2.45, 2.75) is 25.2 Å². The average Bonchev–Trinajstić information content (AvgIpc) is 3.41. The fourth-order valence-electron chi connectivity index (χ4n) is 3.17. The van der Waals surface area contributed by atoms with Crippen molar-refractivity contribution in [1.82, 2.24) is 19.7 Å². The van der Waals surface area contributed by atoms with Crippen LogP contribution in [0.15, 0.2) is 46.5 Å². The minimum Gasteiger partial charge on any atom is -0.486 e. The highest BCUT2D eigenvalue weighted by molar-refractivity contribution is 9.10. The molecule has 3 aromatic rings. The first-order chi connectivity index (χ1) is 17.7. The number of carbonyl (C=O) groups is 3. The molecule has 2 heterocycles. The van der Waals surface area contributed by atoms with Crippen LogP contribution < -0.4 is 10.1 Å². The molecular formula is C24H26BrN5O5S2. The molecule has 196 valence electrons. The van der Waals surface area contributed by atoms with E-state index in [4.69, 9.17) is 9.47 Å². The molecule has 13 heteroatoms. The maximum Gasteiger partial charge on any atom is 0.341 e. The SMILES string of the molecule is C=CCn1c(COc2ccc(Br)cc2)nnc1SCC(=O)Nc1sc(C(=O)N(C)C)c(C)c1C(=O)OC. The zero-order valence-electron chi connectivity index (χ0n) is 20.7. The van der Waals surface area contributed by atoms with Gasteiger partial charge < -0.3 is 19.7 Å². The van der Waals surface area contributed by atoms with E-state index in [9.17, 15) is 14.4 Å². The van der Waals surface area contributed by atoms with Crippen molar-refractivity contribution in [2.24, 2.45) is 0 Å². The van der Waals surface area contributed by atoms with Crippen LogP contribution in [0.1, 0.15) is 31.4 Å². The summed E-state index contributed by atoms with van der Waals surface area (Å²) in [6.07, 6.45) is 1.71. The molecule has 0 aliphatic rings. The van der Waals surface area contributed by atoms with E-state index in [0.29, 0.717) is 33.7 Å². The Hall–Kier alpha value is -3.16. The second-order valence-electron chi connectivity index (χ2n) is 7.83. The van der Waals surface area contributed by atoms with E-state index in [0.717, 1.165) is 15.8 Å². The molecule has 0 radical (unpaired) electrons. The van der Waals surface area contributed by atoms with Crippen LogP contribution in [0.5, 0.6) is 5.75 Å². The Morgan fingerprint density at radius 1 is 1.24 bits per heavy atom. The number of carbonyl (C=O) groups excluding carboxylic acids is 3. The van der Waals surface area contributed by atoms with Crippen molar-refractivity contribution in [3.8, 4) is 5.75 Å². The minimum atomic E-state index is -0.629. The average molecular weight is 609 g/mol. The number of nitrogens with zero attached hydrogens (tertiary/aromatic N) is 4. The number of aromatic nitrogens is 3. The molecule has 37 heavy (non-hydrogen) atoms. The van der Waals surface area contributed by atoms with Crippen molar-refractivity contribution in [3.05, 3.63) is 63.2 Å². The standard InChI is InChI=1S/C24H26BrN5O5S2/c1-6-11-30-17(12-35-16-9-7-15(25)8-10-16)27-28-24(30)36-13-18(31)26-21-19(23(33)34-5)14(2)20(37-21)22(32)29(3)4/h6-10H,1,11-13H2,2-5H3,(H,26,31). The lowest BCUT2D eigenvalue weighted by Gasteiger charge is -2.09. The molecule has 0 aliphatic heterocycles. The summed E-state index contributed by atoms with van der Waals surface area (Å²) in [5.41, 5.74) is 0.623. The zero-order valence-corrected chi connectivity index (χ0v) is 24.0. The Morgan fingerprint density at radius 2 is 1.95 bits per heavy atom. The monoisotopic (exact) mass is 607 g/mol. The van der Waals surface area contributed by atoms with Crippen molar-refractivity contribution in [1.29, 1.82) is 0 Å². The van der Waals surface area contributed by atoms with Gasteiger partial charge in [0.25, 0.3) is 5.91 Å². The maximum absolute atomic E-state index is 12.8. The topological polar surface area (TPSA) is 116 Å². The zero-order chi connectivity index (χ0) is 27.1. The molecule has 0 spiro atoms. The Kier molecular flexibility index (Phi) is 9.89. The summed E-state index contributed by atoms with van der Waals surface area (Å²) in [4.78, 5) is 39.5. The molecule has 0 aliphatic carbocycles. The molecule has 2 aromatic heterocycles. The van der Waals surface area contributed by atoms with E-state index >= 15 is 0 Å². The van der Waals surface area contributed by atoms with E-state index in [1.54, 1.807) is 27.1 Å². The number of methoxy groups -OCH3 is 1. The van der Waals surface area contributed by atoms with Gasteiger partial charge in [-0.3, -0.25) is 14.2 Å². The second-order valence-corrected chi connectivity index (χ2v) is 10.7. The second kappa shape index (κ2) is 12.9. The number of benzene rings is 1. The molecule has 2 amide bonds. The maximum atomic E-state index is 12.8. The van der Waals surface area contributed by atoms with Gasteiger partial charge in [-0.1, -0.05) is 33.8 Å². The number of anilines is 1. The minimum absolute atomic E-state index is 0.00261. The van der Waals surface area contributed by atoms with E-state index in [-0.39, 0.29) is 34.7 Å². The number of allylic oxidation sites excluding steroid dienone is 1. The first kappa shape index (κ1) is 28.4. The summed E-state index contributed by atoms with van der Waals surface area (Å²) in [7, 11) is 4.48. The van der Waals surface area contributed by atoms with Crippen molar-refractivity contribution in [2.75, 3.05) is 32.3 Å². The number of thioether (sulfide) groups is 1. The fraction of sp³-hybridized carbons (Fsp3) is 0.292. The van der Waals surface area contributed by atoms with E-state index in [1.807, 2.05) is 28.8 Å². The van der Waals surface area contributed by atoms with E-state index in [2.05, 4.69) is 38.0 Å². The largest absolute Gasteiger partial charge is 0.486 e. The van der Waals surface area contributed by atoms with Crippen molar-refractivity contribution in [3.63, 3.8) is 0 Å². The first-order valence-corrected chi connectivity index (χ1v) is 13.5. The van der Waals surface area contributed by atoms with Crippen LogP contribution in [-0.2, 0) is 22.7 Å². The number of hydrogen-bond donors (Lipinski definition) is 1. The Balaban J connectivity index is 1.71. The molecule has 0 saturated heterocycles. The van der Waals surface area contributed by atoms with Crippen molar-refractivity contribution >= 4 is 61.8 Å². The number of halogens is 1. The summed E-state index contributed by atoms with van der Waals surface area (Å²) in [6, 6.07) is 7.43. The highest BCUT2D eigenvalue weighted by Gasteiger charge is 2.27. The van der Waals surface area contributed by atoms with Gasteiger partial charge in [0.15, 0.2) is 11.0 Å². The Bertz CT molecular complexity index is 1300. The quantitative estimate of drug-likeness (QED) is 0.194. The van der Waals surface area contributed by atoms with Crippen LogP contribution in [0, 0.1) is 6.92 Å². The Morgan fingerprint density at radius 3 is 2.57 bits per heavy atom. The predicted molar refractivity (Wildman–Crippen MR) is 146 cm³/mol. The molecule has 1 N–H and O–H groups in total. The van der Waals surface area contributed by atoms with Gasteiger partial charge in [-0.05, 0) is 36.8 Å². The van der Waals surface area contributed by atoms with E-state index in [1.165, 1.54) is 23.8 Å². The number of nitrogens with one attached hydrogen (secondary N) is 1. The van der Waals surface area contributed by atoms with Gasteiger partial charge >= 0.3 is 5.97 Å². The molecule has 0 unspecified atom stereocenters. The van der Waals surface area contributed by atoms with Gasteiger partial charge in [-0.2, -0.15) is 0 Å². The van der Waals surface area contributed by atoms with Crippen LogP contribution in [0.3, 0.4) is 0 Å². The third-order valence-corrected chi connectivity index (χ3v) is 7.70. The molecule has 0 fully saturated rings. The van der Waals surface area contributed by atoms with Crippen molar-refractivity contribution < 1.29 is 23.9 Å². The van der Waals surface area contributed by atoms with Crippen LogP contribution in [0.4, 0.5) is 5.00 Å². The number of hydrogen-bond acceptors (Lipinski definition) is 9. The highest BCUT2D eigenvalue weighted by Crippen LogP contribution is 2.34. The molecular weight excluding hydrogens is 582 g/mol. The predicted octanol–water partition coefficient (Wildman–Crippen LogP) is 4.39. The third kappa shape index (κ3) is 6.99. The van der Waals surface area contributed by atoms with Crippen LogP contribution in [0.25, 0.3) is 0 Å². The molecule has 0 saturated carbocycles. The highest BCUT2D eigenvalue weighted by atomic mass is 79.9. The smallest absolute Gasteiger partial charge is 0.341 e. The molecule has 0 atom stereocenters. The summed E-state index contributed by atoms with van der Waals surface area (Å²) in [5.74, 6) is -0.00373. The molecule has 0 bridgehead atoms. The summed E-state index contributed by atoms with van der Waals surface area (Å²) in [6.45, 7) is 6.06. The Labute approximate surface area is 231 Å². The van der Waals surface area contributed by atoms with Crippen LogP contribution in [-0.4, -0.2) is 64.4 Å². The van der Waals surface area contributed by atoms with Gasteiger partial charge in [0.1, 0.15) is 17.4 Å². The third-order valence-electron chi connectivity index (χ3n) is 5.01. The molecule has 3 rings (SSSR count). The lowest BCUT2D eigenvalue weighted by atomic mass is 10.1. The number of ether oxygens (including phenoxy) is 2. The molecule has 1 aromatic carbocycles.